The van der Waals surface area contributed by atoms with Crippen LogP contribution in [0.5, 0.6) is 5.75 Å². The molecule has 0 aliphatic carbocycles. The molecule has 1 aromatic heterocycles. The molecule has 144 valence electrons. The molecule has 6 heteroatoms. The zero-order chi connectivity index (χ0) is 19.2. The number of halogens is 2. The number of methoxy groups -OCH3 is 1. The minimum Gasteiger partial charge on any atom is -0.497 e. The van der Waals surface area contributed by atoms with Gasteiger partial charge in [0.2, 0.25) is 0 Å². The van der Waals surface area contributed by atoms with Crippen LogP contribution in [-0.4, -0.2) is 37.1 Å². The zero-order valence-corrected chi connectivity index (χ0v) is 17.2. The van der Waals surface area contributed by atoms with E-state index in [0.29, 0.717) is 16.9 Å². The zero-order valence-electron chi connectivity index (χ0n) is 15.7. The fourth-order valence-corrected chi connectivity index (χ4v) is 3.62. The van der Waals surface area contributed by atoms with Gasteiger partial charge >= 0.3 is 0 Å². The predicted molar refractivity (Wildman–Crippen MR) is 117 cm³/mol. The van der Waals surface area contributed by atoms with Crippen molar-refractivity contribution in [1.29, 1.82) is 0 Å². The number of alkyl halides is 1. The molecule has 0 saturated carbocycles. The number of nitrogens with zero attached hydrogens (tertiary/aromatic N) is 1. The van der Waals surface area contributed by atoms with E-state index in [9.17, 15) is 0 Å². The summed E-state index contributed by atoms with van der Waals surface area (Å²) in [4.78, 5) is 4.76. The molecule has 2 N–H and O–H groups in total. The van der Waals surface area contributed by atoms with Crippen molar-refractivity contribution < 1.29 is 4.74 Å². The highest BCUT2D eigenvalue weighted by molar-refractivity contribution is 6.31. The van der Waals surface area contributed by atoms with Crippen LogP contribution in [0.3, 0.4) is 0 Å². The summed E-state index contributed by atoms with van der Waals surface area (Å²) < 4.78 is 5.40. The van der Waals surface area contributed by atoms with Gasteiger partial charge in [-0.3, -0.25) is 0 Å². The van der Waals surface area contributed by atoms with Gasteiger partial charge in [0, 0.05) is 34.3 Å². The van der Waals surface area contributed by atoms with E-state index in [4.69, 9.17) is 32.9 Å². The Morgan fingerprint density at radius 2 is 1.93 bits per heavy atom. The van der Waals surface area contributed by atoms with Crippen molar-refractivity contribution in [2.24, 2.45) is 0 Å². The number of nitrogens with one attached hydrogen (secondary N) is 2. The molecule has 0 fully saturated rings. The van der Waals surface area contributed by atoms with Gasteiger partial charge in [-0.2, -0.15) is 0 Å². The van der Waals surface area contributed by atoms with Crippen molar-refractivity contribution in [3.8, 4) is 5.75 Å². The van der Waals surface area contributed by atoms with Crippen molar-refractivity contribution in [1.82, 2.24) is 10.3 Å². The van der Waals surface area contributed by atoms with Gasteiger partial charge in [-0.1, -0.05) is 11.6 Å². The van der Waals surface area contributed by atoms with Crippen molar-refractivity contribution in [3.63, 3.8) is 0 Å². The maximum atomic E-state index is 6.17. The summed E-state index contributed by atoms with van der Waals surface area (Å²) in [6.07, 6.45) is 1.99. The lowest BCUT2D eigenvalue weighted by Gasteiger charge is -2.15. The first kappa shape index (κ1) is 20.0. The standard InChI is InChI=1S/C21H25Cl2N3O/c1-14(8-9-22)24-10-3-11-25-21-17-6-4-15(23)12-20(17)26-19-7-5-16(27-2)13-18(19)21/h4-7,12-14,24H,3,8-11H2,1-2H3,(H,25,26). The van der Waals surface area contributed by atoms with Crippen LogP contribution in [0.2, 0.25) is 5.02 Å². The second kappa shape index (κ2) is 9.45. The first-order valence-electron chi connectivity index (χ1n) is 9.22. The normalized spacial score (nSPS) is 12.4. The predicted octanol–water partition coefficient (Wildman–Crippen LogP) is 5.46. The fraction of sp³-hybridized carbons (Fsp3) is 0.381. The second-order valence-corrected chi connectivity index (χ2v) is 7.46. The van der Waals surface area contributed by atoms with Gasteiger partial charge in [0.1, 0.15) is 5.75 Å². The van der Waals surface area contributed by atoms with Gasteiger partial charge in [0.25, 0.3) is 0 Å². The highest BCUT2D eigenvalue weighted by Crippen LogP contribution is 2.34. The average Bonchev–Trinajstić information content (AvgIpc) is 2.66. The number of ether oxygens (including phenoxy) is 1. The quantitative estimate of drug-likeness (QED) is 0.282. The molecule has 0 aliphatic rings. The summed E-state index contributed by atoms with van der Waals surface area (Å²) in [5.41, 5.74) is 2.87. The number of hydrogen-bond donors (Lipinski definition) is 2. The van der Waals surface area contributed by atoms with E-state index in [1.807, 2.05) is 36.4 Å². The van der Waals surface area contributed by atoms with Crippen LogP contribution in [0.15, 0.2) is 36.4 Å². The molecule has 0 aliphatic heterocycles. The lowest BCUT2D eigenvalue weighted by Crippen LogP contribution is -2.28. The first-order chi connectivity index (χ1) is 13.1. The third-order valence-corrected chi connectivity index (χ3v) is 5.09. The van der Waals surface area contributed by atoms with E-state index in [0.717, 1.165) is 59.2 Å². The Balaban J connectivity index is 1.84. The third-order valence-electron chi connectivity index (χ3n) is 4.63. The van der Waals surface area contributed by atoms with Crippen LogP contribution in [-0.2, 0) is 0 Å². The molecule has 3 aromatic rings. The van der Waals surface area contributed by atoms with E-state index < -0.39 is 0 Å². The number of benzene rings is 2. The van der Waals surface area contributed by atoms with E-state index in [1.165, 1.54) is 0 Å². The molecule has 1 heterocycles. The Hall–Kier alpha value is -1.75. The third kappa shape index (κ3) is 4.95. The monoisotopic (exact) mass is 405 g/mol. The average molecular weight is 406 g/mol. The smallest absolute Gasteiger partial charge is 0.119 e. The SMILES string of the molecule is COc1ccc2nc3cc(Cl)ccc3c(NCCCNC(C)CCCl)c2c1. The maximum absolute atomic E-state index is 6.17. The van der Waals surface area contributed by atoms with Gasteiger partial charge in [0.15, 0.2) is 0 Å². The molecule has 0 bridgehead atoms. The van der Waals surface area contributed by atoms with Crippen molar-refractivity contribution in [2.75, 3.05) is 31.4 Å². The number of anilines is 1. The van der Waals surface area contributed by atoms with Gasteiger partial charge in [-0.05, 0) is 62.7 Å². The topological polar surface area (TPSA) is 46.2 Å². The van der Waals surface area contributed by atoms with Crippen molar-refractivity contribution in [2.45, 2.75) is 25.8 Å². The summed E-state index contributed by atoms with van der Waals surface area (Å²) in [6.45, 7) is 3.96. The Morgan fingerprint density at radius 1 is 1.07 bits per heavy atom. The van der Waals surface area contributed by atoms with Crippen molar-refractivity contribution >= 4 is 50.7 Å². The lowest BCUT2D eigenvalue weighted by molar-refractivity contribution is 0.415. The highest BCUT2D eigenvalue weighted by Gasteiger charge is 2.11. The molecule has 1 unspecified atom stereocenters. The number of fused-ring (bicyclic) bond motifs is 2. The molecule has 0 radical (unpaired) electrons. The van der Waals surface area contributed by atoms with Gasteiger partial charge in [-0.25, -0.2) is 4.98 Å². The molecule has 0 spiro atoms. The number of aromatic nitrogens is 1. The second-order valence-electron chi connectivity index (χ2n) is 6.64. The number of hydrogen-bond acceptors (Lipinski definition) is 4. The minimum absolute atomic E-state index is 0.441. The molecular formula is C21H25Cl2N3O. The Labute approximate surface area is 170 Å². The summed E-state index contributed by atoms with van der Waals surface area (Å²) >= 11 is 12.0. The largest absolute Gasteiger partial charge is 0.497 e. The first-order valence-corrected chi connectivity index (χ1v) is 10.1. The summed E-state index contributed by atoms with van der Waals surface area (Å²) in [7, 11) is 1.68. The van der Waals surface area contributed by atoms with Crippen LogP contribution >= 0.6 is 23.2 Å². The Bertz CT molecular complexity index is 917. The van der Waals surface area contributed by atoms with E-state index >= 15 is 0 Å². The van der Waals surface area contributed by atoms with E-state index in [2.05, 4.69) is 17.6 Å². The van der Waals surface area contributed by atoms with Crippen LogP contribution in [0.1, 0.15) is 19.8 Å². The molecule has 2 aromatic carbocycles. The molecule has 3 rings (SSSR count). The minimum atomic E-state index is 0.441. The van der Waals surface area contributed by atoms with Gasteiger partial charge < -0.3 is 15.4 Å². The molecule has 1 atom stereocenters. The Kier molecular flexibility index (Phi) is 7.00. The highest BCUT2D eigenvalue weighted by atomic mass is 35.5. The van der Waals surface area contributed by atoms with Crippen LogP contribution in [0.4, 0.5) is 5.69 Å². The van der Waals surface area contributed by atoms with E-state index in [-0.39, 0.29) is 0 Å². The van der Waals surface area contributed by atoms with Crippen LogP contribution in [0, 0.1) is 0 Å². The van der Waals surface area contributed by atoms with Gasteiger partial charge in [0.05, 0.1) is 23.8 Å². The fourth-order valence-electron chi connectivity index (χ4n) is 3.13. The van der Waals surface area contributed by atoms with Crippen LogP contribution < -0.4 is 15.4 Å². The summed E-state index contributed by atoms with van der Waals surface area (Å²) in [6, 6.07) is 12.2. The molecular weight excluding hydrogens is 381 g/mol. The molecule has 4 nitrogen and oxygen atoms in total. The number of pyridine rings is 1. The summed E-state index contributed by atoms with van der Waals surface area (Å²) in [5.74, 6) is 1.50. The number of rotatable bonds is 9. The van der Waals surface area contributed by atoms with Crippen LogP contribution in [0.25, 0.3) is 21.8 Å². The summed E-state index contributed by atoms with van der Waals surface area (Å²) in [5, 5.41) is 9.89. The molecule has 27 heavy (non-hydrogen) atoms. The lowest BCUT2D eigenvalue weighted by atomic mass is 10.1. The molecule has 0 amide bonds. The molecule has 0 saturated heterocycles. The van der Waals surface area contributed by atoms with Gasteiger partial charge in [-0.15, -0.1) is 11.6 Å². The van der Waals surface area contributed by atoms with Crippen molar-refractivity contribution in [3.05, 3.63) is 41.4 Å². The Morgan fingerprint density at radius 3 is 2.70 bits per heavy atom. The van der Waals surface area contributed by atoms with E-state index in [1.54, 1.807) is 7.11 Å². The maximum Gasteiger partial charge on any atom is 0.119 e.